The highest BCUT2D eigenvalue weighted by molar-refractivity contribution is 8.04. The molecule has 1 aliphatic rings. The van der Waals surface area contributed by atoms with E-state index < -0.39 is 91.8 Å². The molecule has 0 aromatic heterocycles. The van der Waals surface area contributed by atoms with Gasteiger partial charge in [-0.3, -0.25) is 10.1 Å². The van der Waals surface area contributed by atoms with Gasteiger partial charge in [0.05, 0.1) is 11.0 Å². The highest BCUT2D eigenvalue weighted by Crippen LogP contribution is 2.40. The molecule has 1 fully saturated rings. The second-order valence-corrected chi connectivity index (χ2v) is 12.8. The van der Waals surface area contributed by atoms with Gasteiger partial charge in [-0.25, -0.2) is 25.3 Å². The molecule has 20 heteroatoms. The predicted octanol–water partition coefficient (Wildman–Crippen LogP) is 2.00. The predicted molar refractivity (Wildman–Crippen MR) is 101 cm³/mol. The molecule has 0 bridgehead atoms. The van der Waals surface area contributed by atoms with Crippen molar-refractivity contribution >= 4 is 35.8 Å². The number of para-hydroxylation sites is 1. The van der Waals surface area contributed by atoms with Crippen LogP contribution in [0, 0.1) is 16.0 Å². The number of nitrogens with zero attached hydrogens (tertiary/aromatic N) is 3. The van der Waals surface area contributed by atoms with Crippen LogP contribution in [0.3, 0.4) is 0 Å². The van der Waals surface area contributed by atoms with Crippen LogP contribution in [0.5, 0.6) is 0 Å². The van der Waals surface area contributed by atoms with Crippen LogP contribution in [-0.2, 0) is 30.1 Å². The molecule has 0 N–H and O–H groups in total. The van der Waals surface area contributed by atoms with E-state index >= 15 is 0 Å². The topological polar surface area (TPSA) is 152 Å². The van der Waals surface area contributed by atoms with Gasteiger partial charge < -0.3 is 0 Å². The van der Waals surface area contributed by atoms with Gasteiger partial charge in [-0.05, 0) is 18.4 Å². The van der Waals surface area contributed by atoms with Crippen molar-refractivity contribution < 1.29 is 56.5 Å². The minimum absolute atomic E-state index is 0.199. The van der Waals surface area contributed by atoms with Gasteiger partial charge in [-0.2, -0.15) is 30.6 Å². The van der Waals surface area contributed by atoms with Crippen LogP contribution in [-0.4, -0.2) is 68.3 Å². The number of hydrogen-bond acceptors (Lipinski definition) is 8. The third-order valence-corrected chi connectivity index (χ3v) is 10.6. The van der Waals surface area contributed by atoms with Gasteiger partial charge in [0.1, 0.15) is 0 Å². The molecule has 0 saturated carbocycles. The molecule has 0 amide bonds. The van der Waals surface area contributed by atoms with Crippen molar-refractivity contribution in [1.82, 2.24) is 8.02 Å². The minimum Gasteiger partial charge on any atom is -0.258 e. The van der Waals surface area contributed by atoms with Crippen molar-refractivity contribution in [2.24, 2.45) is 5.92 Å². The van der Waals surface area contributed by atoms with Gasteiger partial charge in [0.2, 0.25) is 10.0 Å². The van der Waals surface area contributed by atoms with E-state index in [2.05, 4.69) is 0 Å². The average Bonchev–Trinajstić information content (AvgIpc) is 2.67. The number of nitro groups is 1. The van der Waals surface area contributed by atoms with E-state index in [0.29, 0.717) is 0 Å². The van der Waals surface area contributed by atoms with Crippen molar-refractivity contribution in [1.29, 1.82) is 0 Å². The second kappa shape index (κ2) is 8.88. The van der Waals surface area contributed by atoms with Crippen LogP contribution in [0.4, 0.5) is 32.0 Å². The van der Waals surface area contributed by atoms with Crippen molar-refractivity contribution in [3.05, 3.63) is 34.4 Å². The van der Waals surface area contributed by atoms with Gasteiger partial charge in [-0.15, -0.1) is 0 Å². The van der Waals surface area contributed by atoms with Crippen molar-refractivity contribution in [3.8, 4) is 0 Å². The Labute approximate surface area is 189 Å². The lowest BCUT2D eigenvalue weighted by molar-refractivity contribution is -0.387. The van der Waals surface area contributed by atoms with E-state index in [9.17, 15) is 61.7 Å². The number of sulfonamides is 3. The van der Waals surface area contributed by atoms with Crippen LogP contribution in [0.15, 0.2) is 29.2 Å². The van der Waals surface area contributed by atoms with E-state index in [1.54, 1.807) is 0 Å². The summed E-state index contributed by atoms with van der Waals surface area (Å²) in [4.78, 5) is 9.08. The normalized spacial score (nSPS) is 21.5. The third kappa shape index (κ3) is 4.86. The summed E-state index contributed by atoms with van der Waals surface area (Å²) < 4.78 is 151. The molecule has 2 rings (SSSR count). The molecule has 0 spiro atoms. The Kier molecular flexibility index (Phi) is 7.37. The Hall–Kier alpha value is -2.03. The second-order valence-electron chi connectivity index (χ2n) is 7.05. The van der Waals surface area contributed by atoms with Gasteiger partial charge >= 0.3 is 31.1 Å². The fourth-order valence-corrected chi connectivity index (χ4v) is 8.01. The third-order valence-electron chi connectivity index (χ3n) is 4.89. The lowest BCUT2D eigenvalue weighted by Gasteiger charge is -2.40. The number of nitro benzene ring substituents is 1. The number of rotatable bonds is 6. The molecule has 1 aromatic rings. The zero-order valence-electron chi connectivity index (χ0n) is 16.7. The summed E-state index contributed by atoms with van der Waals surface area (Å²) in [5, 5.41) is 11.2. The standard InChI is InChI=1S/C14H15F6N3O8S3/c1-9-6-7-21(32(26,27)12-5-3-2-4-10(12)22(24)25)8-11(9)23(33(28,29)13(15,16)17)34(30,31)14(18,19)20/h2-5,9,11H,6-8H2,1H3/t9-,11-/m0/s1. The minimum atomic E-state index is -7.17. The first-order valence-corrected chi connectivity index (χ1v) is 13.1. The van der Waals surface area contributed by atoms with Crippen LogP contribution in [0.25, 0.3) is 0 Å². The Bertz CT molecular complexity index is 1230. The molecule has 0 aliphatic carbocycles. The highest BCUT2D eigenvalue weighted by atomic mass is 32.3. The van der Waals surface area contributed by atoms with E-state index in [-0.39, 0.29) is 4.31 Å². The zero-order chi connectivity index (χ0) is 26.5. The van der Waals surface area contributed by atoms with Crippen molar-refractivity contribution in [2.45, 2.75) is 35.3 Å². The molecular formula is C14H15F6N3O8S3. The summed E-state index contributed by atoms with van der Waals surface area (Å²) in [6.07, 6.45) is -0.568. The molecule has 1 heterocycles. The van der Waals surface area contributed by atoms with Crippen LogP contribution < -0.4 is 0 Å². The van der Waals surface area contributed by atoms with Gasteiger partial charge in [0, 0.05) is 19.2 Å². The van der Waals surface area contributed by atoms with Gasteiger partial charge in [0.25, 0.3) is 5.69 Å². The molecule has 1 saturated heterocycles. The van der Waals surface area contributed by atoms with Crippen molar-refractivity contribution in [2.75, 3.05) is 13.1 Å². The number of alkyl halides is 6. The lowest BCUT2D eigenvalue weighted by atomic mass is 9.96. The average molecular weight is 563 g/mol. The maximum Gasteiger partial charge on any atom is 0.512 e. The molecule has 11 nitrogen and oxygen atoms in total. The lowest BCUT2D eigenvalue weighted by Crippen LogP contribution is -2.60. The first kappa shape index (κ1) is 28.2. The number of benzene rings is 1. The highest BCUT2D eigenvalue weighted by Gasteiger charge is 2.64. The number of piperidine rings is 1. The van der Waals surface area contributed by atoms with E-state index in [1.807, 2.05) is 0 Å². The Morgan fingerprint density at radius 2 is 1.44 bits per heavy atom. The summed E-state index contributed by atoms with van der Waals surface area (Å²) in [5.41, 5.74) is -13.9. The summed E-state index contributed by atoms with van der Waals surface area (Å²) in [7, 11) is -19.3. The maximum atomic E-state index is 13.2. The van der Waals surface area contributed by atoms with E-state index in [4.69, 9.17) is 0 Å². The Morgan fingerprint density at radius 1 is 0.971 bits per heavy atom. The van der Waals surface area contributed by atoms with Crippen LogP contribution in [0.1, 0.15) is 13.3 Å². The maximum absolute atomic E-state index is 13.2. The fourth-order valence-electron chi connectivity index (χ4n) is 3.17. The molecule has 1 aliphatic heterocycles. The van der Waals surface area contributed by atoms with Gasteiger partial charge in [0.15, 0.2) is 4.90 Å². The smallest absolute Gasteiger partial charge is 0.258 e. The molecule has 194 valence electrons. The molecule has 2 atom stereocenters. The quantitative estimate of drug-likeness (QED) is 0.290. The monoisotopic (exact) mass is 563 g/mol. The SMILES string of the molecule is C[C@H]1CCN(S(=O)(=O)c2ccccc2[N+](=O)[O-])C[C@@H]1N(S(=O)(=O)C(F)(F)F)S(=O)(=O)C(F)(F)F. The fraction of sp³-hybridized carbons (Fsp3) is 0.571. The molecule has 0 radical (unpaired) electrons. The van der Waals surface area contributed by atoms with Crippen LogP contribution >= 0.6 is 0 Å². The molecular weight excluding hydrogens is 548 g/mol. The Morgan fingerprint density at radius 3 is 1.88 bits per heavy atom. The summed E-state index contributed by atoms with van der Waals surface area (Å²) in [5.74, 6) is -1.49. The van der Waals surface area contributed by atoms with E-state index in [1.165, 1.54) is 0 Å². The summed E-state index contributed by atoms with van der Waals surface area (Å²) in [6.45, 7) is -1.12. The molecule has 0 unspecified atom stereocenters. The zero-order valence-corrected chi connectivity index (χ0v) is 19.1. The van der Waals surface area contributed by atoms with Crippen molar-refractivity contribution in [3.63, 3.8) is 0 Å². The largest absolute Gasteiger partial charge is 0.512 e. The summed E-state index contributed by atoms with van der Waals surface area (Å²) >= 11 is 0. The molecule has 1 aromatic carbocycles. The Balaban J connectivity index is 2.68. The van der Waals surface area contributed by atoms with E-state index in [0.717, 1.165) is 31.2 Å². The molecule has 34 heavy (non-hydrogen) atoms. The number of halogens is 6. The van der Waals surface area contributed by atoms with Gasteiger partial charge in [-0.1, -0.05) is 22.8 Å². The summed E-state index contributed by atoms with van der Waals surface area (Å²) in [6, 6.07) is 0.997. The number of hydrogen-bond donors (Lipinski definition) is 0. The first-order valence-electron chi connectivity index (χ1n) is 8.83. The van der Waals surface area contributed by atoms with Crippen LogP contribution in [0.2, 0.25) is 0 Å². The first-order chi connectivity index (χ1) is 15.2.